The second-order valence-electron chi connectivity index (χ2n) is 14.0. The van der Waals surface area contributed by atoms with Crippen molar-refractivity contribution in [2.45, 2.75) is 193 Å². The Morgan fingerprint density at radius 2 is 1.10 bits per heavy atom. The summed E-state index contributed by atoms with van der Waals surface area (Å²) in [5, 5.41) is 24.0. The van der Waals surface area contributed by atoms with Crippen molar-refractivity contribution in [3.8, 4) is 0 Å². The van der Waals surface area contributed by atoms with Gasteiger partial charge in [-0.15, -0.1) is 0 Å². The summed E-state index contributed by atoms with van der Waals surface area (Å²) < 4.78 is 22.0. The van der Waals surface area contributed by atoms with E-state index in [4.69, 9.17) is 14.8 Å². The number of carbonyl (C=O) groups excluding carboxylic acids is 1. The Balaban J connectivity index is 4.45. The van der Waals surface area contributed by atoms with Gasteiger partial charge in [-0.1, -0.05) is 146 Å². The van der Waals surface area contributed by atoms with Crippen molar-refractivity contribution in [1.29, 1.82) is 0 Å². The fourth-order valence-corrected chi connectivity index (χ4v) is 6.49. The van der Waals surface area contributed by atoms with Crippen molar-refractivity contribution < 1.29 is 33.5 Å². The van der Waals surface area contributed by atoms with Gasteiger partial charge in [0.2, 0.25) is 5.91 Å². The van der Waals surface area contributed by atoms with Crippen LogP contribution in [0, 0.1) is 0 Å². The maximum atomic E-state index is 12.8. The van der Waals surface area contributed by atoms with E-state index in [1.807, 2.05) is 6.08 Å². The number of nitrogens with two attached hydrogens (primary N) is 1. The maximum Gasteiger partial charge on any atom is 0.472 e. The minimum Gasteiger partial charge on any atom is -0.393 e. The van der Waals surface area contributed by atoms with Crippen LogP contribution in [0.1, 0.15) is 174 Å². The lowest BCUT2D eigenvalue weighted by atomic mass is 10.0. The highest BCUT2D eigenvalue weighted by atomic mass is 31.2. The first-order valence-electron chi connectivity index (χ1n) is 20.8. The number of allylic oxidation sites excluding steroid dienone is 7. The Bertz CT molecular complexity index is 972. The topological polar surface area (TPSA) is 151 Å². The normalized spacial score (nSPS) is 15.3. The molecule has 0 aromatic heterocycles. The van der Waals surface area contributed by atoms with Crippen LogP contribution in [0.2, 0.25) is 0 Å². The Kier molecular flexibility index (Phi) is 36.6. The van der Waals surface area contributed by atoms with Crippen LogP contribution < -0.4 is 11.1 Å². The molecule has 10 heteroatoms. The zero-order chi connectivity index (χ0) is 38.4. The number of unbranched alkanes of at least 4 members (excludes halogenated alkanes) is 18. The van der Waals surface area contributed by atoms with Gasteiger partial charge in [0, 0.05) is 6.54 Å². The number of hydrogen-bond acceptors (Lipinski definition) is 7. The Hall–Kier alpha value is -1.58. The van der Waals surface area contributed by atoms with Crippen LogP contribution >= 0.6 is 7.82 Å². The lowest BCUT2D eigenvalue weighted by molar-refractivity contribution is -0.124. The van der Waals surface area contributed by atoms with Crippen LogP contribution in [0.4, 0.5) is 0 Å². The van der Waals surface area contributed by atoms with Crippen molar-refractivity contribution in [2.75, 3.05) is 19.8 Å². The fraction of sp³-hybridized carbons (Fsp3) is 0.786. The SMILES string of the molecule is CCCCCC/C=C/CC/C=C/CC/C=C/C(O)C(COP(=O)(O)OCCN)NC(=O)CC(O)CCCCC/C=C\CCCCCCCCCCC. The summed E-state index contributed by atoms with van der Waals surface area (Å²) in [6.07, 6.45) is 42.0. The van der Waals surface area contributed by atoms with Crippen LogP contribution in [0.5, 0.6) is 0 Å². The molecule has 0 aliphatic rings. The van der Waals surface area contributed by atoms with Crippen molar-refractivity contribution in [2.24, 2.45) is 5.73 Å². The van der Waals surface area contributed by atoms with Crippen LogP contribution in [0.25, 0.3) is 0 Å². The molecule has 0 saturated carbocycles. The highest BCUT2D eigenvalue weighted by Gasteiger charge is 2.27. The van der Waals surface area contributed by atoms with Gasteiger partial charge in [0.25, 0.3) is 0 Å². The zero-order valence-electron chi connectivity index (χ0n) is 33.1. The number of aliphatic hydroxyl groups excluding tert-OH is 2. The Labute approximate surface area is 318 Å². The molecule has 0 heterocycles. The molecule has 0 spiro atoms. The summed E-state index contributed by atoms with van der Waals surface area (Å²) in [4.78, 5) is 22.7. The van der Waals surface area contributed by atoms with Gasteiger partial charge in [-0.3, -0.25) is 13.8 Å². The lowest BCUT2D eigenvalue weighted by Crippen LogP contribution is -2.46. The van der Waals surface area contributed by atoms with E-state index < -0.39 is 38.6 Å². The summed E-state index contributed by atoms with van der Waals surface area (Å²) in [6.45, 7) is 3.90. The molecule has 304 valence electrons. The largest absolute Gasteiger partial charge is 0.472 e. The van der Waals surface area contributed by atoms with Gasteiger partial charge < -0.3 is 26.2 Å². The summed E-state index contributed by atoms with van der Waals surface area (Å²) in [6, 6.07) is -1.01. The molecular formula is C42H79N2O7P. The summed E-state index contributed by atoms with van der Waals surface area (Å²) in [7, 11) is -4.41. The van der Waals surface area contributed by atoms with Gasteiger partial charge in [-0.25, -0.2) is 4.57 Å². The minimum atomic E-state index is -4.41. The fourth-order valence-electron chi connectivity index (χ4n) is 5.73. The second-order valence-corrected chi connectivity index (χ2v) is 15.5. The average Bonchev–Trinajstić information content (AvgIpc) is 3.12. The van der Waals surface area contributed by atoms with Crippen molar-refractivity contribution in [1.82, 2.24) is 5.32 Å². The third-order valence-electron chi connectivity index (χ3n) is 8.91. The number of carbonyl (C=O) groups is 1. The summed E-state index contributed by atoms with van der Waals surface area (Å²) in [5.41, 5.74) is 5.35. The van der Waals surface area contributed by atoms with E-state index in [9.17, 15) is 24.5 Å². The number of phosphoric ester groups is 1. The minimum absolute atomic E-state index is 0.0394. The van der Waals surface area contributed by atoms with Gasteiger partial charge in [0.15, 0.2) is 0 Å². The molecule has 0 aliphatic heterocycles. The van der Waals surface area contributed by atoms with Crippen LogP contribution in [0.3, 0.4) is 0 Å². The predicted octanol–water partition coefficient (Wildman–Crippen LogP) is 10.3. The van der Waals surface area contributed by atoms with E-state index in [2.05, 4.69) is 55.6 Å². The lowest BCUT2D eigenvalue weighted by Gasteiger charge is -2.24. The van der Waals surface area contributed by atoms with Crippen molar-refractivity contribution in [3.05, 3.63) is 48.6 Å². The zero-order valence-corrected chi connectivity index (χ0v) is 34.0. The standard InChI is InChI=1S/C42H79N2O7P/c1-3-5-7-9-11-13-15-17-19-20-21-23-25-27-29-31-33-39(45)37-42(47)44-40(38-51-52(48,49)50-36-35-43)41(46)34-32-30-28-26-24-22-18-16-14-12-10-8-6-4-2/h14,16,21,23-24,26,32,34,39-41,45-46H,3-13,15,17-20,22,25,27-31,33,35-38,43H2,1-2H3,(H,44,47)(H,48,49)/b16-14+,23-21-,26-24+,34-32+. The number of nitrogens with one attached hydrogen (secondary N) is 1. The number of phosphoric acid groups is 1. The van der Waals surface area contributed by atoms with Crippen LogP contribution in [0.15, 0.2) is 48.6 Å². The molecule has 0 rings (SSSR count). The molecule has 0 fully saturated rings. The number of amides is 1. The van der Waals surface area contributed by atoms with Gasteiger partial charge in [-0.2, -0.15) is 0 Å². The summed E-state index contributed by atoms with van der Waals surface area (Å²) >= 11 is 0. The first-order chi connectivity index (χ1) is 25.3. The van der Waals surface area contributed by atoms with E-state index in [0.717, 1.165) is 57.8 Å². The summed E-state index contributed by atoms with van der Waals surface area (Å²) in [5.74, 6) is -0.471. The van der Waals surface area contributed by atoms with Crippen molar-refractivity contribution >= 4 is 13.7 Å². The van der Waals surface area contributed by atoms with Gasteiger partial charge in [0.1, 0.15) is 0 Å². The monoisotopic (exact) mass is 755 g/mol. The quantitative estimate of drug-likeness (QED) is 0.0237. The molecule has 4 unspecified atom stereocenters. The number of aliphatic hydroxyl groups is 2. The average molecular weight is 755 g/mol. The molecule has 0 radical (unpaired) electrons. The van der Waals surface area contributed by atoms with E-state index in [1.165, 1.54) is 83.5 Å². The smallest absolute Gasteiger partial charge is 0.393 e. The number of hydrogen-bond donors (Lipinski definition) is 5. The van der Waals surface area contributed by atoms with Gasteiger partial charge in [-0.05, 0) is 70.6 Å². The van der Waals surface area contributed by atoms with Gasteiger partial charge >= 0.3 is 7.82 Å². The molecule has 52 heavy (non-hydrogen) atoms. The first kappa shape index (κ1) is 50.4. The van der Waals surface area contributed by atoms with Crippen LogP contribution in [-0.2, 0) is 18.4 Å². The highest BCUT2D eigenvalue weighted by molar-refractivity contribution is 7.47. The second kappa shape index (κ2) is 37.7. The highest BCUT2D eigenvalue weighted by Crippen LogP contribution is 2.43. The number of rotatable bonds is 38. The van der Waals surface area contributed by atoms with E-state index in [1.54, 1.807) is 6.08 Å². The molecule has 6 N–H and O–H groups in total. The molecule has 9 nitrogen and oxygen atoms in total. The molecule has 4 atom stereocenters. The Morgan fingerprint density at radius 1 is 0.654 bits per heavy atom. The van der Waals surface area contributed by atoms with E-state index in [0.29, 0.717) is 12.8 Å². The molecule has 0 bridgehead atoms. The van der Waals surface area contributed by atoms with E-state index in [-0.39, 0.29) is 19.6 Å². The van der Waals surface area contributed by atoms with E-state index >= 15 is 0 Å². The molecule has 0 saturated heterocycles. The maximum absolute atomic E-state index is 12.8. The Morgan fingerprint density at radius 3 is 1.62 bits per heavy atom. The molecular weight excluding hydrogens is 675 g/mol. The van der Waals surface area contributed by atoms with Crippen molar-refractivity contribution in [3.63, 3.8) is 0 Å². The molecule has 1 amide bonds. The molecule has 0 aromatic carbocycles. The predicted molar refractivity (Wildman–Crippen MR) is 218 cm³/mol. The van der Waals surface area contributed by atoms with Crippen LogP contribution in [-0.4, -0.2) is 59.0 Å². The van der Waals surface area contributed by atoms with Gasteiger partial charge in [0.05, 0.1) is 37.9 Å². The third kappa shape index (κ3) is 35.4. The molecule has 0 aliphatic carbocycles. The first-order valence-corrected chi connectivity index (χ1v) is 22.3. The molecule has 0 aromatic rings. The third-order valence-corrected chi connectivity index (χ3v) is 9.89.